The van der Waals surface area contributed by atoms with Gasteiger partial charge in [-0.2, -0.15) is 13.2 Å². The summed E-state index contributed by atoms with van der Waals surface area (Å²) in [6, 6.07) is 8.25. The van der Waals surface area contributed by atoms with Crippen LogP contribution >= 0.6 is 0 Å². The Labute approximate surface area is 90.0 Å². The van der Waals surface area contributed by atoms with Crippen molar-refractivity contribution >= 4 is 11.6 Å². The van der Waals surface area contributed by atoms with Crippen LogP contribution in [0.4, 0.5) is 18.9 Å². The fourth-order valence-electron chi connectivity index (χ4n) is 1.50. The lowest BCUT2D eigenvalue weighted by molar-refractivity contribution is -0.120. The van der Waals surface area contributed by atoms with Crippen molar-refractivity contribution in [2.75, 3.05) is 4.90 Å². The highest BCUT2D eigenvalue weighted by molar-refractivity contribution is 5.99. The number of nitrogens with zero attached hydrogens (tertiary/aromatic N) is 1. The Morgan fingerprint density at radius 3 is 2.25 bits per heavy atom. The lowest BCUT2D eigenvalue weighted by Gasteiger charge is -2.12. The number of hydrogen-bond donors (Lipinski definition) is 0. The molecule has 1 heterocycles. The molecule has 16 heavy (non-hydrogen) atoms. The Morgan fingerprint density at radius 2 is 1.75 bits per heavy atom. The topological polar surface area (TPSA) is 20.3 Å². The van der Waals surface area contributed by atoms with Gasteiger partial charge >= 0.3 is 6.18 Å². The average Bonchev–Trinajstić information content (AvgIpc) is 2.61. The summed E-state index contributed by atoms with van der Waals surface area (Å²) in [6.07, 6.45) is -4.16. The van der Waals surface area contributed by atoms with Crippen LogP contribution < -0.4 is 4.90 Å². The van der Waals surface area contributed by atoms with E-state index in [1.165, 1.54) is 0 Å². The van der Waals surface area contributed by atoms with E-state index in [2.05, 4.69) is 0 Å². The Hall–Kier alpha value is -1.78. The maximum atomic E-state index is 12.4. The second-order valence-electron chi connectivity index (χ2n) is 3.43. The number of halogens is 3. The zero-order valence-electron chi connectivity index (χ0n) is 8.16. The summed E-state index contributed by atoms with van der Waals surface area (Å²) >= 11 is 0. The van der Waals surface area contributed by atoms with Gasteiger partial charge in [0.1, 0.15) is 0 Å². The summed E-state index contributed by atoms with van der Waals surface area (Å²) < 4.78 is 37.1. The molecule has 0 N–H and O–H groups in total. The van der Waals surface area contributed by atoms with Gasteiger partial charge in [-0.3, -0.25) is 9.69 Å². The fraction of sp³-hybridized carbons (Fsp3) is 0.182. The smallest absolute Gasteiger partial charge is 0.287 e. The summed E-state index contributed by atoms with van der Waals surface area (Å²) in [5.41, 5.74) is -0.354. The quantitative estimate of drug-likeness (QED) is 0.722. The van der Waals surface area contributed by atoms with E-state index in [0.29, 0.717) is 5.69 Å². The molecular formula is C11H8F3NO. The van der Waals surface area contributed by atoms with Crippen molar-refractivity contribution in [2.24, 2.45) is 0 Å². The Kier molecular flexibility index (Phi) is 2.46. The van der Waals surface area contributed by atoms with Crippen molar-refractivity contribution in [1.82, 2.24) is 0 Å². The molecular weight excluding hydrogens is 219 g/mol. The van der Waals surface area contributed by atoms with Gasteiger partial charge in [-0.15, -0.1) is 0 Å². The van der Waals surface area contributed by atoms with Gasteiger partial charge in [0.15, 0.2) is 0 Å². The van der Waals surface area contributed by atoms with Crippen LogP contribution in [0.25, 0.3) is 0 Å². The maximum absolute atomic E-state index is 12.4. The number of para-hydroxylation sites is 1. The van der Waals surface area contributed by atoms with E-state index in [9.17, 15) is 18.0 Å². The van der Waals surface area contributed by atoms with Gasteiger partial charge in [0.2, 0.25) is 5.91 Å². The molecule has 84 valence electrons. The molecule has 0 aromatic heterocycles. The van der Waals surface area contributed by atoms with Gasteiger partial charge in [-0.25, -0.2) is 0 Å². The van der Waals surface area contributed by atoms with Crippen molar-refractivity contribution in [3.63, 3.8) is 0 Å². The molecule has 1 aliphatic heterocycles. The summed E-state index contributed by atoms with van der Waals surface area (Å²) in [5, 5.41) is 0. The molecule has 0 unspecified atom stereocenters. The number of amides is 1. The molecule has 0 saturated heterocycles. The summed E-state index contributed by atoms with van der Waals surface area (Å²) in [6.45, 7) is 0. The van der Waals surface area contributed by atoms with Crippen LogP contribution in [0.5, 0.6) is 0 Å². The normalized spacial score (nSPS) is 16.6. The highest BCUT2D eigenvalue weighted by Crippen LogP contribution is 2.34. The molecule has 0 spiro atoms. The summed E-state index contributed by atoms with van der Waals surface area (Å²) in [7, 11) is 0. The first-order chi connectivity index (χ1) is 7.48. The second kappa shape index (κ2) is 3.66. The largest absolute Gasteiger partial charge is 0.414 e. The van der Waals surface area contributed by atoms with E-state index >= 15 is 0 Å². The van der Waals surface area contributed by atoms with Crippen molar-refractivity contribution < 1.29 is 18.0 Å². The van der Waals surface area contributed by atoms with Crippen LogP contribution in [0.3, 0.4) is 0 Å². The van der Waals surface area contributed by atoms with E-state index in [1.807, 2.05) is 0 Å². The van der Waals surface area contributed by atoms with E-state index < -0.39 is 24.1 Å². The zero-order chi connectivity index (χ0) is 11.8. The van der Waals surface area contributed by atoms with E-state index in [1.54, 1.807) is 30.3 Å². The van der Waals surface area contributed by atoms with E-state index in [0.717, 1.165) is 11.1 Å². The monoisotopic (exact) mass is 227 g/mol. The van der Waals surface area contributed by atoms with Gasteiger partial charge in [-0.1, -0.05) is 18.2 Å². The van der Waals surface area contributed by atoms with Crippen molar-refractivity contribution in [1.29, 1.82) is 0 Å². The van der Waals surface area contributed by atoms with Crippen LogP contribution in [0.15, 0.2) is 42.1 Å². The van der Waals surface area contributed by atoms with Crippen LogP contribution in [-0.4, -0.2) is 12.1 Å². The molecule has 2 nitrogen and oxygen atoms in total. The van der Waals surface area contributed by atoms with Crippen LogP contribution in [0, 0.1) is 0 Å². The second-order valence-corrected chi connectivity index (χ2v) is 3.43. The van der Waals surface area contributed by atoms with Crippen LogP contribution in [-0.2, 0) is 4.79 Å². The minimum Gasteiger partial charge on any atom is -0.287 e. The SMILES string of the molecule is O=C1CC(C(F)(F)F)=CN1c1ccccc1. The molecule has 1 amide bonds. The minimum absolute atomic E-state index is 0.451. The number of carbonyl (C=O) groups excluding carboxylic acids is 1. The highest BCUT2D eigenvalue weighted by Gasteiger charge is 2.40. The van der Waals surface area contributed by atoms with Crippen LogP contribution in [0.1, 0.15) is 6.42 Å². The lowest BCUT2D eigenvalue weighted by atomic mass is 10.2. The molecule has 5 heteroatoms. The third kappa shape index (κ3) is 1.93. The molecule has 0 fully saturated rings. The van der Waals surface area contributed by atoms with Gasteiger partial charge in [0.25, 0.3) is 0 Å². The number of rotatable bonds is 1. The van der Waals surface area contributed by atoms with Gasteiger partial charge in [0, 0.05) is 11.9 Å². The molecule has 1 aromatic rings. The molecule has 0 radical (unpaired) electrons. The molecule has 2 rings (SSSR count). The van der Waals surface area contributed by atoms with Crippen molar-refractivity contribution in [3.8, 4) is 0 Å². The summed E-state index contributed by atoms with van der Waals surface area (Å²) in [4.78, 5) is 12.4. The van der Waals surface area contributed by atoms with Gasteiger partial charge in [0.05, 0.1) is 12.0 Å². The molecule has 1 aliphatic rings. The third-order valence-electron chi connectivity index (χ3n) is 2.29. The predicted molar refractivity (Wildman–Crippen MR) is 52.7 cm³/mol. The van der Waals surface area contributed by atoms with Crippen molar-refractivity contribution in [3.05, 3.63) is 42.1 Å². The van der Waals surface area contributed by atoms with E-state index in [4.69, 9.17) is 0 Å². The standard InChI is InChI=1S/C11H8F3NO/c12-11(13,14)8-6-10(16)15(7-8)9-4-2-1-3-5-9/h1-5,7H,6H2. The third-order valence-corrected chi connectivity index (χ3v) is 2.29. The van der Waals surface area contributed by atoms with E-state index in [-0.39, 0.29) is 0 Å². The number of hydrogen-bond acceptors (Lipinski definition) is 1. The molecule has 0 aliphatic carbocycles. The molecule has 1 aromatic carbocycles. The Morgan fingerprint density at radius 1 is 1.12 bits per heavy atom. The average molecular weight is 227 g/mol. The van der Waals surface area contributed by atoms with Gasteiger partial charge < -0.3 is 0 Å². The summed E-state index contributed by atoms with van der Waals surface area (Å²) in [5.74, 6) is -0.557. The van der Waals surface area contributed by atoms with Crippen molar-refractivity contribution in [2.45, 2.75) is 12.6 Å². The number of benzene rings is 1. The van der Waals surface area contributed by atoms with Crippen LogP contribution in [0.2, 0.25) is 0 Å². The number of alkyl halides is 3. The Balaban J connectivity index is 2.31. The van der Waals surface area contributed by atoms with Gasteiger partial charge in [-0.05, 0) is 12.1 Å². The molecule has 0 bridgehead atoms. The lowest BCUT2D eigenvalue weighted by Crippen LogP contribution is -2.19. The first kappa shape index (κ1) is 10.7. The predicted octanol–water partition coefficient (Wildman–Crippen LogP) is 2.87. The molecule has 0 atom stereocenters. The zero-order valence-corrected chi connectivity index (χ0v) is 8.16. The maximum Gasteiger partial charge on any atom is 0.414 e. The molecule has 0 saturated carbocycles. The first-order valence-electron chi connectivity index (χ1n) is 4.63. The Bertz CT molecular complexity index is 436. The first-order valence-corrected chi connectivity index (χ1v) is 4.63. The minimum atomic E-state index is -4.43. The number of carbonyl (C=O) groups is 1. The fourth-order valence-corrected chi connectivity index (χ4v) is 1.50. The number of anilines is 1. The highest BCUT2D eigenvalue weighted by atomic mass is 19.4.